The second-order valence-electron chi connectivity index (χ2n) is 5.47. The summed E-state index contributed by atoms with van der Waals surface area (Å²) in [6.07, 6.45) is 5.67. The predicted molar refractivity (Wildman–Crippen MR) is 59.6 cm³/mol. The van der Waals surface area contributed by atoms with Gasteiger partial charge in [0.1, 0.15) is 0 Å². The van der Waals surface area contributed by atoms with Crippen LogP contribution in [0.4, 0.5) is 0 Å². The number of aliphatic imine (C=N–C) groups is 1. The third-order valence-electron chi connectivity index (χ3n) is 3.12. The minimum absolute atomic E-state index is 0.0276. The van der Waals surface area contributed by atoms with Gasteiger partial charge in [-0.1, -0.05) is 13.8 Å². The average molecular weight is 211 g/mol. The maximum atomic E-state index is 9.92. The van der Waals surface area contributed by atoms with E-state index >= 15 is 0 Å². The highest BCUT2D eigenvalue weighted by atomic mass is 16.5. The minimum Gasteiger partial charge on any atom is -0.375 e. The second kappa shape index (κ2) is 4.91. The Bertz CT molecular complexity index is 256. The number of isocyanates is 1. The highest BCUT2D eigenvalue weighted by Crippen LogP contribution is 2.40. The van der Waals surface area contributed by atoms with E-state index in [0.29, 0.717) is 12.0 Å². The molecule has 1 fully saturated rings. The molecule has 0 bridgehead atoms. The zero-order chi connectivity index (χ0) is 11.4. The van der Waals surface area contributed by atoms with Gasteiger partial charge < -0.3 is 4.74 Å². The van der Waals surface area contributed by atoms with E-state index in [-0.39, 0.29) is 5.60 Å². The number of rotatable bonds is 4. The molecule has 0 N–H and O–H groups in total. The number of hydrogen-bond acceptors (Lipinski definition) is 3. The van der Waals surface area contributed by atoms with E-state index in [0.717, 1.165) is 32.3 Å². The lowest BCUT2D eigenvalue weighted by atomic mass is 9.75. The summed E-state index contributed by atoms with van der Waals surface area (Å²) in [5.41, 5.74) is 0.348. The van der Waals surface area contributed by atoms with Gasteiger partial charge in [0.2, 0.25) is 6.08 Å². The van der Waals surface area contributed by atoms with Crippen molar-refractivity contribution >= 4 is 6.08 Å². The van der Waals surface area contributed by atoms with Gasteiger partial charge in [-0.25, -0.2) is 9.79 Å². The fourth-order valence-electron chi connectivity index (χ4n) is 2.46. The van der Waals surface area contributed by atoms with E-state index in [9.17, 15) is 4.79 Å². The van der Waals surface area contributed by atoms with E-state index < -0.39 is 0 Å². The lowest BCUT2D eigenvalue weighted by Crippen LogP contribution is -2.40. The zero-order valence-electron chi connectivity index (χ0n) is 10.0. The van der Waals surface area contributed by atoms with Gasteiger partial charge in [-0.2, -0.15) is 0 Å². The van der Waals surface area contributed by atoms with E-state index in [2.05, 4.69) is 25.8 Å². The number of hydrogen-bond donors (Lipinski definition) is 0. The molecule has 0 spiro atoms. The van der Waals surface area contributed by atoms with Gasteiger partial charge in [-0.05, 0) is 38.0 Å². The Hall–Kier alpha value is -0.660. The molecule has 1 aliphatic rings. The van der Waals surface area contributed by atoms with Crippen LogP contribution in [-0.4, -0.2) is 24.8 Å². The molecule has 3 heteroatoms. The highest BCUT2D eigenvalue weighted by molar-refractivity contribution is 5.32. The molecule has 0 aliphatic carbocycles. The van der Waals surface area contributed by atoms with Crippen LogP contribution < -0.4 is 0 Å². The van der Waals surface area contributed by atoms with E-state index in [1.54, 1.807) is 6.08 Å². The van der Waals surface area contributed by atoms with Crippen molar-refractivity contribution in [2.45, 2.75) is 52.1 Å². The standard InChI is InChI=1S/C12H21NO2/c1-11(2)6-8-15-12(3,9-11)5-4-7-13-10-14/h4-9H2,1-3H3. The summed E-state index contributed by atoms with van der Waals surface area (Å²) < 4.78 is 5.84. The van der Waals surface area contributed by atoms with Crippen molar-refractivity contribution < 1.29 is 9.53 Å². The Balaban J connectivity index is 2.40. The van der Waals surface area contributed by atoms with Crippen LogP contribution >= 0.6 is 0 Å². The van der Waals surface area contributed by atoms with Gasteiger partial charge in [0, 0.05) is 6.61 Å². The van der Waals surface area contributed by atoms with Crippen molar-refractivity contribution in [2.24, 2.45) is 10.4 Å². The van der Waals surface area contributed by atoms with Crippen molar-refractivity contribution in [1.29, 1.82) is 0 Å². The number of ether oxygens (including phenoxy) is 1. The van der Waals surface area contributed by atoms with Gasteiger partial charge in [-0.15, -0.1) is 0 Å². The molecule has 3 nitrogen and oxygen atoms in total. The lowest BCUT2D eigenvalue weighted by Gasteiger charge is -2.42. The van der Waals surface area contributed by atoms with Crippen LogP contribution in [-0.2, 0) is 9.53 Å². The fourth-order valence-corrected chi connectivity index (χ4v) is 2.46. The molecule has 86 valence electrons. The average Bonchev–Trinajstić information content (AvgIpc) is 2.10. The monoisotopic (exact) mass is 211 g/mol. The van der Waals surface area contributed by atoms with Crippen LogP contribution in [0, 0.1) is 5.41 Å². The Morgan fingerprint density at radius 2 is 2.13 bits per heavy atom. The van der Waals surface area contributed by atoms with Crippen molar-refractivity contribution in [3.05, 3.63) is 0 Å². The van der Waals surface area contributed by atoms with E-state index in [4.69, 9.17) is 4.74 Å². The summed E-state index contributed by atoms with van der Waals surface area (Å²) in [4.78, 5) is 13.5. The Morgan fingerprint density at radius 1 is 1.40 bits per heavy atom. The predicted octanol–water partition coefficient (Wildman–Crippen LogP) is 2.70. The largest absolute Gasteiger partial charge is 0.375 e. The maximum absolute atomic E-state index is 9.92. The zero-order valence-corrected chi connectivity index (χ0v) is 10.0. The summed E-state index contributed by atoms with van der Waals surface area (Å²) in [7, 11) is 0. The SMILES string of the molecule is CC1(C)CCOC(C)(CCCN=C=O)C1. The molecule has 1 saturated heterocycles. The van der Waals surface area contributed by atoms with Crippen LogP contribution in [0.2, 0.25) is 0 Å². The van der Waals surface area contributed by atoms with Gasteiger partial charge in [0.25, 0.3) is 0 Å². The first-order chi connectivity index (χ1) is 6.97. The maximum Gasteiger partial charge on any atom is 0.234 e. The molecule has 1 unspecified atom stereocenters. The molecule has 0 amide bonds. The van der Waals surface area contributed by atoms with Gasteiger partial charge in [-0.3, -0.25) is 0 Å². The van der Waals surface area contributed by atoms with Crippen molar-refractivity contribution in [2.75, 3.05) is 13.2 Å². The number of nitrogens with zero attached hydrogens (tertiary/aromatic N) is 1. The molecule has 1 atom stereocenters. The van der Waals surface area contributed by atoms with Gasteiger partial charge >= 0.3 is 0 Å². The van der Waals surface area contributed by atoms with Crippen molar-refractivity contribution in [3.63, 3.8) is 0 Å². The van der Waals surface area contributed by atoms with Crippen molar-refractivity contribution in [1.82, 2.24) is 0 Å². The first-order valence-electron chi connectivity index (χ1n) is 5.65. The molecule has 1 aliphatic heterocycles. The normalized spacial score (nSPS) is 29.5. The van der Waals surface area contributed by atoms with E-state index in [1.807, 2.05) is 0 Å². The second-order valence-corrected chi connectivity index (χ2v) is 5.47. The van der Waals surface area contributed by atoms with Crippen LogP contribution in [0.3, 0.4) is 0 Å². The molecule has 0 saturated carbocycles. The summed E-state index contributed by atoms with van der Waals surface area (Å²) in [6, 6.07) is 0. The van der Waals surface area contributed by atoms with E-state index in [1.165, 1.54) is 0 Å². The van der Waals surface area contributed by atoms with Crippen LogP contribution in [0.1, 0.15) is 46.5 Å². The topological polar surface area (TPSA) is 38.7 Å². The molecular formula is C12H21NO2. The molecule has 1 rings (SSSR count). The number of carbonyl (C=O) groups excluding carboxylic acids is 1. The molecule has 0 radical (unpaired) electrons. The minimum atomic E-state index is -0.0276. The first-order valence-corrected chi connectivity index (χ1v) is 5.65. The van der Waals surface area contributed by atoms with Gasteiger partial charge in [0.05, 0.1) is 12.1 Å². The third-order valence-corrected chi connectivity index (χ3v) is 3.12. The molecule has 15 heavy (non-hydrogen) atoms. The third kappa shape index (κ3) is 4.15. The summed E-state index contributed by atoms with van der Waals surface area (Å²) in [6.45, 7) is 8.16. The lowest BCUT2D eigenvalue weighted by molar-refractivity contribution is -0.111. The Labute approximate surface area is 91.9 Å². The smallest absolute Gasteiger partial charge is 0.234 e. The molecule has 0 aromatic heterocycles. The summed E-state index contributed by atoms with van der Waals surface area (Å²) >= 11 is 0. The van der Waals surface area contributed by atoms with Crippen LogP contribution in [0.5, 0.6) is 0 Å². The molecule has 1 heterocycles. The first kappa shape index (κ1) is 12.4. The fraction of sp³-hybridized carbons (Fsp3) is 0.917. The Kier molecular flexibility index (Phi) is 4.06. The summed E-state index contributed by atoms with van der Waals surface area (Å²) in [5, 5.41) is 0. The van der Waals surface area contributed by atoms with Gasteiger partial charge in [0.15, 0.2) is 0 Å². The Morgan fingerprint density at radius 3 is 2.73 bits per heavy atom. The van der Waals surface area contributed by atoms with Crippen LogP contribution in [0.25, 0.3) is 0 Å². The van der Waals surface area contributed by atoms with Crippen LogP contribution in [0.15, 0.2) is 4.99 Å². The molecular weight excluding hydrogens is 190 g/mol. The molecule has 0 aromatic rings. The van der Waals surface area contributed by atoms with Crippen molar-refractivity contribution in [3.8, 4) is 0 Å². The summed E-state index contributed by atoms with van der Waals surface area (Å²) in [5.74, 6) is 0. The quantitative estimate of drug-likeness (QED) is 0.407. The molecule has 0 aromatic carbocycles. The highest BCUT2D eigenvalue weighted by Gasteiger charge is 2.36.